The SMILES string of the molecule is CCN(CC)CCNS(=O)(=O)c1ccc(CO)s1. The summed E-state index contributed by atoms with van der Waals surface area (Å²) in [7, 11) is -3.43. The predicted octanol–water partition coefficient (Wildman–Crippen LogP) is 0.860. The molecule has 0 saturated carbocycles. The molecular weight excluding hydrogens is 272 g/mol. The molecule has 0 aromatic carbocycles. The first kappa shape index (κ1) is 15.6. The summed E-state index contributed by atoms with van der Waals surface area (Å²) < 4.78 is 26.7. The van der Waals surface area contributed by atoms with Crippen molar-refractivity contribution in [3.63, 3.8) is 0 Å². The monoisotopic (exact) mass is 292 g/mol. The molecule has 18 heavy (non-hydrogen) atoms. The van der Waals surface area contributed by atoms with Gasteiger partial charge < -0.3 is 10.0 Å². The van der Waals surface area contributed by atoms with Gasteiger partial charge in [-0.1, -0.05) is 13.8 Å². The molecular formula is C11H20N2O3S2. The summed E-state index contributed by atoms with van der Waals surface area (Å²) in [5, 5.41) is 8.92. The van der Waals surface area contributed by atoms with E-state index in [0.29, 0.717) is 18.0 Å². The highest BCUT2D eigenvalue weighted by molar-refractivity contribution is 7.91. The number of rotatable bonds is 8. The summed E-state index contributed by atoms with van der Waals surface area (Å²) in [4.78, 5) is 2.80. The molecule has 7 heteroatoms. The molecule has 0 unspecified atom stereocenters. The summed E-state index contributed by atoms with van der Waals surface area (Å²) >= 11 is 1.10. The van der Waals surface area contributed by atoms with E-state index in [1.54, 1.807) is 6.07 Å². The Morgan fingerprint density at radius 3 is 2.50 bits per heavy atom. The molecule has 1 rings (SSSR count). The van der Waals surface area contributed by atoms with Crippen LogP contribution in [0.1, 0.15) is 18.7 Å². The second kappa shape index (κ2) is 7.20. The second-order valence-corrected chi connectivity index (χ2v) is 6.97. The molecule has 0 aliphatic carbocycles. The van der Waals surface area contributed by atoms with Gasteiger partial charge in [-0.15, -0.1) is 11.3 Å². The van der Waals surface area contributed by atoms with Gasteiger partial charge in [0.15, 0.2) is 0 Å². The van der Waals surface area contributed by atoms with E-state index in [-0.39, 0.29) is 10.8 Å². The Hall–Kier alpha value is -0.470. The third kappa shape index (κ3) is 4.33. The first-order chi connectivity index (χ1) is 8.53. The maximum absolute atomic E-state index is 11.9. The van der Waals surface area contributed by atoms with Gasteiger partial charge >= 0.3 is 0 Å². The van der Waals surface area contributed by atoms with Gasteiger partial charge in [0.2, 0.25) is 10.0 Å². The van der Waals surface area contributed by atoms with E-state index in [2.05, 4.69) is 9.62 Å². The standard InChI is InChI=1S/C11H20N2O3S2/c1-3-13(4-2)8-7-12-18(15,16)11-6-5-10(9-14)17-11/h5-6,12,14H,3-4,7-9H2,1-2H3. The first-order valence-electron chi connectivity index (χ1n) is 5.95. The fourth-order valence-electron chi connectivity index (χ4n) is 1.54. The largest absolute Gasteiger partial charge is 0.391 e. The lowest BCUT2D eigenvalue weighted by atomic mass is 10.5. The smallest absolute Gasteiger partial charge is 0.250 e. The predicted molar refractivity (Wildman–Crippen MR) is 73.2 cm³/mol. The molecule has 0 atom stereocenters. The zero-order chi connectivity index (χ0) is 13.6. The van der Waals surface area contributed by atoms with Crippen LogP contribution in [0.2, 0.25) is 0 Å². The van der Waals surface area contributed by atoms with Crippen molar-refractivity contribution in [1.82, 2.24) is 9.62 Å². The van der Waals surface area contributed by atoms with Gasteiger partial charge in [-0.3, -0.25) is 0 Å². The van der Waals surface area contributed by atoms with E-state index in [4.69, 9.17) is 5.11 Å². The van der Waals surface area contributed by atoms with Crippen LogP contribution in [0, 0.1) is 0 Å². The Labute approximate surface area is 112 Å². The van der Waals surface area contributed by atoms with Crippen molar-refractivity contribution in [3.05, 3.63) is 17.0 Å². The van der Waals surface area contributed by atoms with Gasteiger partial charge in [0.25, 0.3) is 0 Å². The number of hydrogen-bond acceptors (Lipinski definition) is 5. The quantitative estimate of drug-likeness (QED) is 0.745. The van der Waals surface area contributed by atoms with Crippen LogP contribution in [-0.2, 0) is 16.6 Å². The summed E-state index contributed by atoms with van der Waals surface area (Å²) in [6, 6.07) is 3.15. The van der Waals surface area contributed by atoms with Crippen molar-refractivity contribution >= 4 is 21.4 Å². The highest BCUT2D eigenvalue weighted by Gasteiger charge is 2.16. The van der Waals surface area contributed by atoms with Gasteiger partial charge in [0.05, 0.1) is 6.61 Å². The Morgan fingerprint density at radius 1 is 1.33 bits per heavy atom. The van der Waals surface area contributed by atoms with Gasteiger partial charge in [-0.25, -0.2) is 13.1 Å². The molecule has 0 aliphatic rings. The van der Waals surface area contributed by atoms with E-state index in [9.17, 15) is 8.42 Å². The number of hydrogen-bond donors (Lipinski definition) is 2. The van der Waals surface area contributed by atoms with Crippen LogP contribution in [0.4, 0.5) is 0 Å². The fraction of sp³-hybridized carbons (Fsp3) is 0.636. The van der Waals surface area contributed by atoms with E-state index in [0.717, 1.165) is 24.4 Å². The van der Waals surface area contributed by atoms with Crippen LogP contribution in [0.3, 0.4) is 0 Å². The Kier molecular flexibility index (Phi) is 6.24. The van der Waals surface area contributed by atoms with E-state index in [1.165, 1.54) is 6.07 Å². The maximum atomic E-state index is 11.9. The van der Waals surface area contributed by atoms with Crippen LogP contribution < -0.4 is 4.72 Å². The molecule has 0 aliphatic heterocycles. The molecule has 0 saturated heterocycles. The van der Waals surface area contributed by atoms with Gasteiger partial charge in [-0.2, -0.15) is 0 Å². The highest BCUT2D eigenvalue weighted by Crippen LogP contribution is 2.21. The molecule has 0 amide bonds. The zero-order valence-corrected chi connectivity index (χ0v) is 12.4. The van der Waals surface area contributed by atoms with Gasteiger partial charge in [0, 0.05) is 18.0 Å². The summed E-state index contributed by atoms with van der Waals surface area (Å²) in [6.07, 6.45) is 0. The van der Waals surface area contributed by atoms with Crippen LogP contribution in [0.5, 0.6) is 0 Å². The lowest BCUT2D eigenvalue weighted by Crippen LogP contribution is -2.34. The average Bonchev–Trinajstić information content (AvgIpc) is 2.84. The second-order valence-electron chi connectivity index (χ2n) is 3.80. The Morgan fingerprint density at radius 2 is 2.00 bits per heavy atom. The van der Waals surface area contributed by atoms with E-state index in [1.807, 2.05) is 13.8 Å². The van der Waals surface area contributed by atoms with E-state index >= 15 is 0 Å². The van der Waals surface area contributed by atoms with Crippen molar-refractivity contribution in [2.45, 2.75) is 24.7 Å². The summed E-state index contributed by atoms with van der Waals surface area (Å²) in [6.45, 7) is 6.88. The Balaban J connectivity index is 2.54. The third-order valence-corrected chi connectivity index (χ3v) is 5.70. The summed E-state index contributed by atoms with van der Waals surface area (Å²) in [5.41, 5.74) is 0. The molecule has 5 nitrogen and oxygen atoms in total. The van der Waals surface area contributed by atoms with Crippen LogP contribution in [-0.4, -0.2) is 44.6 Å². The van der Waals surface area contributed by atoms with Gasteiger partial charge in [-0.05, 0) is 25.2 Å². The minimum Gasteiger partial charge on any atom is -0.391 e. The van der Waals surface area contributed by atoms with Crippen molar-refractivity contribution in [2.75, 3.05) is 26.2 Å². The number of aliphatic hydroxyl groups excluding tert-OH is 1. The minimum absolute atomic E-state index is 0.125. The highest BCUT2D eigenvalue weighted by atomic mass is 32.2. The number of sulfonamides is 1. The number of nitrogens with one attached hydrogen (secondary N) is 1. The van der Waals surface area contributed by atoms with E-state index < -0.39 is 10.0 Å². The molecule has 1 aromatic rings. The molecule has 0 spiro atoms. The average molecular weight is 292 g/mol. The zero-order valence-electron chi connectivity index (χ0n) is 10.7. The molecule has 1 aromatic heterocycles. The molecule has 104 valence electrons. The lowest BCUT2D eigenvalue weighted by Gasteiger charge is -2.17. The maximum Gasteiger partial charge on any atom is 0.250 e. The fourth-order valence-corrected chi connectivity index (χ4v) is 3.82. The Bertz CT molecular complexity index is 453. The lowest BCUT2D eigenvalue weighted by molar-refractivity contribution is 0.285. The molecule has 2 N–H and O–H groups in total. The first-order valence-corrected chi connectivity index (χ1v) is 8.25. The van der Waals surface area contributed by atoms with Crippen LogP contribution >= 0.6 is 11.3 Å². The molecule has 0 radical (unpaired) electrons. The molecule has 0 fully saturated rings. The van der Waals surface area contributed by atoms with Crippen molar-refractivity contribution in [2.24, 2.45) is 0 Å². The van der Waals surface area contributed by atoms with Crippen molar-refractivity contribution in [1.29, 1.82) is 0 Å². The van der Waals surface area contributed by atoms with Crippen LogP contribution in [0.25, 0.3) is 0 Å². The molecule has 0 bridgehead atoms. The number of nitrogens with zero attached hydrogens (tertiary/aromatic N) is 1. The number of likely N-dealkylation sites (N-methyl/N-ethyl adjacent to an activating group) is 1. The topological polar surface area (TPSA) is 69.6 Å². The van der Waals surface area contributed by atoms with Crippen LogP contribution in [0.15, 0.2) is 16.3 Å². The normalized spacial score (nSPS) is 12.2. The molecule has 1 heterocycles. The third-order valence-electron chi connectivity index (χ3n) is 2.67. The number of aliphatic hydroxyl groups is 1. The minimum atomic E-state index is -3.43. The summed E-state index contributed by atoms with van der Waals surface area (Å²) in [5.74, 6) is 0. The van der Waals surface area contributed by atoms with Gasteiger partial charge in [0.1, 0.15) is 4.21 Å². The van der Waals surface area contributed by atoms with Crippen molar-refractivity contribution < 1.29 is 13.5 Å². The van der Waals surface area contributed by atoms with Crippen molar-refractivity contribution in [3.8, 4) is 0 Å². The number of thiophene rings is 1.